The minimum absolute atomic E-state index is 0.321. The summed E-state index contributed by atoms with van der Waals surface area (Å²) in [6.07, 6.45) is 3.38. The zero-order valence-corrected chi connectivity index (χ0v) is 14.0. The van der Waals surface area contributed by atoms with E-state index in [1.54, 1.807) is 24.3 Å². The number of nitrogens with one attached hydrogen (secondary N) is 2. The van der Waals surface area contributed by atoms with Crippen molar-refractivity contribution in [2.45, 2.75) is 26.2 Å². The molecule has 25 heavy (non-hydrogen) atoms. The van der Waals surface area contributed by atoms with Crippen LogP contribution >= 0.6 is 0 Å². The number of urea groups is 1. The fraction of sp³-hybridized carbons (Fsp3) is 0.200. The quantitative estimate of drug-likeness (QED) is 0.659. The van der Waals surface area contributed by atoms with Gasteiger partial charge in [-0.1, -0.05) is 25.5 Å². The Morgan fingerprint density at radius 2 is 1.68 bits per heavy atom. The van der Waals surface area contributed by atoms with E-state index in [2.05, 4.69) is 17.6 Å². The minimum Gasteiger partial charge on any atom is -0.423 e. The molecule has 1 heterocycles. The number of anilines is 2. The normalized spacial score (nSPS) is 10.6. The maximum atomic E-state index is 12.1. The van der Waals surface area contributed by atoms with E-state index in [0.717, 1.165) is 30.3 Å². The minimum atomic E-state index is -0.395. The van der Waals surface area contributed by atoms with Gasteiger partial charge in [-0.25, -0.2) is 9.59 Å². The molecule has 2 N–H and O–H groups in total. The molecule has 0 saturated carbocycles. The Kier molecular flexibility index (Phi) is 5.14. The zero-order chi connectivity index (χ0) is 17.6. The first-order chi connectivity index (χ1) is 12.1. The first-order valence-corrected chi connectivity index (χ1v) is 8.35. The molecule has 0 saturated heterocycles. The molecule has 3 aromatic rings. The lowest BCUT2D eigenvalue weighted by Crippen LogP contribution is -2.19. The van der Waals surface area contributed by atoms with Gasteiger partial charge in [-0.05, 0) is 54.8 Å². The topological polar surface area (TPSA) is 71.3 Å². The van der Waals surface area contributed by atoms with Crippen molar-refractivity contribution in [3.05, 3.63) is 70.6 Å². The van der Waals surface area contributed by atoms with Crippen LogP contribution in [0.3, 0.4) is 0 Å². The Morgan fingerprint density at radius 3 is 2.44 bits per heavy atom. The largest absolute Gasteiger partial charge is 0.423 e. The monoisotopic (exact) mass is 336 g/mol. The Hall–Kier alpha value is -3.08. The van der Waals surface area contributed by atoms with E-state index in [9.17, 15) is 9.59 Å². The summed E-state index contributed by atoms with van der Waals surface area (Å²) < 4.78 is 5.07. The van der Waals surface area contributed by atoms with Crippen LogP contribution in [-0.4, -0.2) is 6.03 Å². The highest BCUT2D eigenvalue weighted by molar-refractivity contribution is 6.00. The van der Waals surface area contributed by atoms with Gasteiger partial charge in [0.1, 0.15) is 5.58 Å². The van der Waals surface area contributed by atoms with Crippen molar-refractivity contribution in [2.24, 2.45) is 0 Å². The van der Waals surface area contributed by atoms with Crippen LogP contribution in [0.15, 0.2) is 63.8 Å². The average Bonchev–Trinajstić information content (AvgIpc) is 2.61. The van der Waals surface area contributed by atoms with E-state index in [4.69, 9.17) is 4.42 Å². The molecule has 2 amide bonds. The van der Waals surface area contributed by atoms with E-state index >= 15 is 0 Å². The maximum Gasteiger partial charge on any atom is 0.336 e. The van der Waals surface area contributed by atoms with Gasteiger partial charge in [-0.2, -0.15) is 0 Å². The van der Waals surface area contributed by atoms with Crippen molar-refractivity contribution in [1.82, 2.24) is 0 Å². The van der Waals surface area contributed by atoms with Gasteiger partial charge in [0.15, 0.2) is 0 Å². The van der Waals surface area contributed by atoms with E-state index in [1.165, 1.54) is 11.6 Å². The number of carbonyl (C=O) groups is 1. The summed E-state index contributed by atoms with van der Waals surface area (Å²) in [5.74, 6) is 0. The second kappa shape index (κ2) is 7.66. The van der Waals surface area contributed by atoms with Crippen molar-refractivity contribution in [3.63, 3.8) is 0 Å². The summed E-state index contributed by atoms with van der Waals surface area (Å²) in [5, 5.41) is 6.33. The molecule has 3 rings (SSSR count). The van der Waals surface area contributed by atoms with Crippen LogP contribution in [0.1, 0.15) is 25.3 Å². The number of fused-ring (bicyclic) bond motifs is 1. The molecule has 5 nitrogen and oxygen atoms in total. The molecule has 0 aliphatic carbocycles. The number of hydrogen-bond acceptors (Lipinski definition) is 3. The van der Waals surface area contributed by atoms with E-state index in [-0.39, 0.29) is 6.03 Å². The number of amides is 2. The fourth-order valence-corrected chi connectivity index (χ4v) is 2.58. The van der Waals surface area contributed by atoms with Gasteiger partial charge in [0.05, 0.1) is 0 Å². The summed E-state index contributed by atoms with van der Waals surface area (Å²) in [5.41, 5.74) is 2.72. The summed E-state index contributed by atoms with van der Waals surface area (Å²) >= 11 is 0. The first-order valence-electron chi connectivity index (χ1n) is 8.35. The first kappa shape index (κ1) is 16.8. The molecule has 0 unspecified atom stereocenters. The van der Waals surface area contributed by atoms with Crippen molar-refractivity contribution >= 4 is 28.4 Å². The summed E-state index contributed by atoms with van der Waals surface area (Å²) in [4.78, 5) is 23.3. The second-order valence-electron chi connectivity index (χ2n) is 5.89. The molecule has 0 radical (unpaired) electrons. The molecule has 0 fully saturated rings. The van der Waals surface area contributed by atoms with Crippen molar-refractivity contribution < 1.29 is 9.21 Å². The summed E-state index contributed by atoms with van der Waals surface area (Å²) in [6, 6.07) is 15.7. The molecular formula is C20H20N2O3. The van der Waals surface area contributed by atoms with Crippen molar-refractivity contribution in [1.29, 1.82) is 0 Å². The second-order valence-corrected chi connectivity index (χ2v) is 5.89. The number of benzene rings is 2. The van der Waals surface area contributed by atoms with E-state index in [1.807, 2.05) is 24.3 Å². The lowest BCUT2D eigenvalue weighted by molar-refractivity contribution is 0.262. The maximum absolute atomic E-state index is 12.1. The molecule has 1 aromatic heterocycles. The van der Waals surface area contributed by atoms with Crippen molar-refractivity contribution in [2.75, 3.05) is 10.6 Å². The Labute approximate surface area is 145 Å². The van der Waals surface area contributed by atoms with E-state index < -0.39 is 5.63 Å². The van der Waals surface area contributed by atoms with Crippen LogP contribution in [0.25, 0.3) is 11.0 Å². The number of carbonyl (C=O) groups excluding carboxylic acids is 1. The van der Waals surface area contributed by atoms with Crippen molar-refractivity contribution in [3.8, 4) is 0 Å². The summed E-state index contributed by atoms with van der Waals surface area (Å²) in [7, 11) is 0. The predicted octanol–water partition coefficient (Wildman–Crippen LogP) is 4.78. The van der Waals surface area contributed by atoms with Gasteiger partial charge in [0.2, 0.25) is 0 Å². The van der Waals surface area contributed by atoms with Crippen LogP contribution in [-0.2, 0) is 6.42 Å². The summed E-state index contributed by atoms with van der Waals surface area (Å²) in [6.45, 7) is 2.17. The smallest absolute Gasteiger partial charge is 0.336 e. The van der Waals surface area contributed by atoms with E-state index in [0.29, 0.717) is 11.3 Å². The van der Waals surface area contributed by atoms with Gasteiger partial charge >= 0.3 is 11.7 Å². The van der Waals surface area contributed by atoms with Crippen LogP contribution in [0.4, 0.5) is 16.2 Å². The molecule has 5 heteroatoms. The van der Waals surface area contributed by atoms with Crippen LogP contribution in [0.2, 0.25) is 0 Å². The third-order valence-electron chi connectivity index (χ3n) is 3.91. The van der Waals surface area contributed by atoms with Gasteiger partial charge in [0, 0.05) is 22.8 Å². The standard InChI is InChI=1S/C20H20N2O3/c1-2-3-4-14-5-8-16(9-6-14)21-20(24)22-17-10-11-18-15(13-17)7-12-19(23)25-18/h5-13H,2-4H2,1H3,(H2,21,22,24). The predicted molar refractivity (Wildman–Crippen MR) is 100 cm³/mol. The number of aryl methyl sites for hydroxylation is 1. The number of rotatable bonds is 5. The lowest BCUT2D eigenvalue weighted by Gasteiger charge is -2.09. The SMILES string of the molecule is CCCCc1ccc(NC(=O)Nc2ccc3oc(=O)ccc3c2)cc1. The Balaban J connectivity index is 1.64. The van der Waals surface area contributed by atoms with Gasteiger partial charge < -0.3 is 15.1 Å². The number of unbranched alkanes of at least 4 members (excludes halogenated alkanes) is 1. The van der Waals surface area contributed by atoms with Gasteiger partial charge in [-0.15, -0.1) is 0 Å². The molecule has 0 aliphatic heterocycles. The Morgan fingerprint density at radius 1 is 0.960 bits per heavy atom. The van der Waals surface area contributed by atoms with Crippen LogP contribution in [0.5, 0.6) is 0 Å². The highest BCUT2D eigenvalue weighted by Crippen LogP contribution is 2.18. The highest BCUT2D eigenvalue weighted by atomic mass is 16.4. The number of hydrogen-bond donors (Lipinski definition) is 2. The molecule has 2 aromatic carbocycles. The molecule has 0 spiro atoms. The van der Waals surface area contributed by atoms with Gasteiger partial charge in [-0.3, -0.25) is 0 Å². The van der Waals surface area contributed by atoms with Crippen LogP contribution in [0, 0.1) is 0 Å². The lowest BCUT2D eigenvalue weighted by atomic mass is 10.1. The highest BCUT2D eigenvalue weighted by Gasteiger charge is 2.05. The third-order valence-corrected chi connectivity index (χ3v) is 3.91. The average molecular weight is 336 g/mol. The fourth-order valence-electron chi connectivity index (χ4n) is 2.58. The zero-order valence-electron chi connectivity index (χ0n) is 14.0. The molecule has 0 bridgehead atoms. The molecule has 0 atom stereocenters. The van der Waals surface area contributed by atoms with Crippen LogP contribution < -0.4 is 16.3 Å². The molecule has 128 valence electrons. The third kappa shape index (κ3) is 4.47. The molecular weight excluding hydrogens is 316 g/mol. The Bertz CT molecular complexity index is 930. The van der Waals surface area contributed by atoms with Gasteiger partial charge in [0.25, 0.3) is 0 Å². The molecule has 0 aliphatic rings.